The molecule has 0 spiro atoms. The highest BCUT2D eigenvalue weighted by Gasteiger charge is 2.54. The van der Waals surface area contributed by atoms with E-state index in [1.54, 1.807) is 10.9 Å². The van der Waals surface area contributed by atoms with Crippen LogP contribution < -0.4 is 0 Å². The molecule has 1 aliphatic heterocycles. The highest BCUT2D eigenvalue weighted by molar-refractivity contribution is 6.48. The van der Waals surface area contributed by atoms with Crippen molar-refractivity contribution in [1.29, 1.82) is 0 Å². The standard InChI is InChI=1S/C19H25BN2O4/c1-18(2)19(3,4)26-20(25-18)16(13-17(23)24-5)14-7-9-15(10-8-14)22-12-6-11-21-22/h6-12,16H,13H2,1-5H3. The summed E-state index contributed by atoms with van der Waals surface area (Å²) in [5.74, 6) is -0.545. The summed E-state index contributed by atoms with van der Waals surface area (Å²) in [6.07, 6.45) is 3.81. The second kappa shape index (κ2) is 6.89. The first-order valence-electron chi connectivity index (χ1n) is 8.76. The van der Waals surface area contributed by atoms with Crippen molar-refractivity contribution < 1.29 is 18.8 Å². The number of hydrogen-bond acceptors (Lipinski definition) is 5. The summed E-state index contributed by atoms with van der Waals surface area (Å²) in [7, 11) is 0.874. The SMILES string of the molecule is COC(=O)CC(B1OC(C)(C)C(C)(C)O1)c1ccc(-n2cccn2)cc1. The zero-order valence-electron chi connectivity index (χ0n) is 15.9. The van der Waals surface area contributed by atoms with Crippen LogP contribution in [0.25, 0.3) is 5.69 Å². The average molecular weight is 356 g/mol. The molecule has 1 aliphatic rings. The van der Waals surface area contributed by atoms with Crippen molar-refractivity contribution in [1.82, 2.24) is 9.78 Å². The van der Waals surface area contributed by atoms with Crippen molar-refractivity contribution in [2.45, 2.75) is 51.1 Å². The Morgan fingerprint density at radius 1 is 1.19 bits per heavy atom. The van der Waals surface area contributed by atoms with Gasteiger partial charge >= 0.3 is 13.1 Å². The van der Waals surface area contributed by atoms with Gasteiger partial charge in [-0.2, -0.15) is 5.10 Å². The van der Waals surface area contributed by atoms with E-state index in [0.717, 1.165) is 11.3 Å². The molecule has 2 heterocycles. The summed E-state index contributed by atoms with van der Waals surface area (Å²) in [5, 5.41) is 4.23. The van der Waals surface area contributed by atoms with Crippen molar-refractivity contribution >= 4 is 13.1 Å². The Balaban J connectivity index is 1.88. The van der Waals surface area contributed by atoms with E-state index in [2.05, 4.69) is 5.10 Å². The van der Waals surface area contributed by atoms with Gasteiger partial charge in [-0.3, -0.25) is 4.79 Å². The lowest BCUT2D eigenvalue weighted by atomic mass is 9.66. The Kier molecular flexibility index (Phi) is 4.95. The highest BCUT2D eigenvalue weighted by atomic mass is 16.7. The van der Waals surface area contributed by atoms with E-state index in [4.69, 9.17) is 14.0 Å². The Morgan fingerprint density at radius 2 is 1.81 bits per heavy atom. The Hall–Kier alpha value is -2.12. The number of esters is 1. The normalized spacial score (nSPS) is 19.3. The summed E-state index contributed by atoms with van der Waals surface area (Å²) in [5.41, 5.74) is 0.997. The van der Waals surface area contributed by atoms with Crippen molar-refractivity contribution in [3.8, 4) is 5.69 Å². The van der Waals surface area contributed by atoms with E-state index < -0.39 is 18.3 Å². The maximum absolute atomic E-state index is 12.0. The van der Waals surface area contributed by atoms with Crippen LogP contribution in [0, 0.1) is 0 Å². The Bertz CT molecular complexity index is 740. The quantitative estimate of drug-likeness (QED) is 0.608. The lowest BCUT2D eigenvalue weighted by molar-refractivity contribution is -0.140. The second-order valence-electron chi connectivity index (χ2n) is 7.55. The number of methoxy groups -OCH3 is 1. The van der Waals surface area contributed by atoms with Gasteiger partial charge in [-0.25, -0.2) is 4.68 Å². The Labute approximate surface area is 154 Å². The maximum Gasteiger partial charge on any atom is 0.466 e. The van der Waals surface area contributed by atoms with Crippen LogP contribution in [0.4, 0.5) is 0 Å². The lowest BCUT2D eigenvalue weighted by Gasteiger charge is -2.32. The molecule has 2 aromatic rings. The molecule has 26 heavy (non-hydrogen) atoms. The fourth-order valence-corrected chi connectivity index (χ4v) is 2.98. The van der Waals surface area contributed by atoms with Crippen molar-refractivity contribution in [2.24, 2.45) is 0 Å². The largest absolute Gasteiger partial charge is 0.469 e. The van der Waals surface area contributed by atoms with Gasteiger partial charge in [0.2, 0.25) is 0 Å². The topological polar surface area (TPSA) is 62.6 Å². The number of benzene rings is 1. The summed E-state index contributed by atoms with van der Waals surface area (Å²) in [6, 6.07) is 9.78. The van der Waals surface area contributed by atoms with Crippen LogP contribution in [0.2, 0.25) is 0 Å². The van der Waals surface area contributed by atoms with Crippen LogP contribution in [0.3, 0.4) is 0 Å². The average Bonchev–Trinajstić information content (AvgIpc) is 3.19. The van der Waals surface area contributed by atoms with Gasteiger partial charge < -0.3 is 14.0 Å². The fraction of sp³-hybridized carbons (Fsp3) is 0.474. The predicted molar refractivity (Wildman–Crippen MR) is 99.0 cm³/mol. The van der Waals surface area contributed by atoms with Crippen LogP contribution in [0.5, 0.6) is 0 Å². The minimum atomic E-state index is -0.519. The maximum atomic E-state index is 12.0. The summed E-state index contributed by atoms with van der Waals surface area (Å²) >= 11 is 0. The number of carbonyl (C=O) groups is 1. The Morgan fingerprint density at radius 3 is 2.31 bits per heavy atom. The number of rotatable bonds is 5. The molecule has 138 valence electrons. The molecule has 0 aliphatic carbocycles. The molecule has 1 saturated heterocycles. The molecule has 0 amide bonds. The molecule has 6 nitrogen and oxygen atoms in total. The first kappa shape index (κ1) is 18.7. The minimum absolute atomic E-state index is 0.189. The zero-order valence-corrected chi connectivity index (χ0v) is 15.9. The zero-order chi connectivity index (χ0) is 18.9. The van der Waals surface area contributed by atoms with Gasteiger partial charge in [0.25, 0.3) is 0 Å². The summed E-state index contributed by atoms with van der Waals surface area (Å²) < 4.78 is 19.0. The van der Waals surface area contributed by atoms with Crippen LogP contribution in [-0.2, 0) is 18.8 Å². The molecule has 0 bridgehead atoms. The molecule has 3 rings (SSSR count). The third kappa shape index (κ3) is 3.55. The van der Waals surface area contributed by atoms with Crippen LogP contribution in [-0.4, -0.2) is 41.2 Å². The molecule has 0 saturated carbocycles. The minimum Gasteiger partial charge on any atom is -0.469 e. The van der Waals surface area contributed by atoms with Gasteiger partial charge in [0.05, 0.1) is 30.4 Å². The molecule has 1 aromatic heterocycles. The molecule has 7 heteroatoms. The molecular formula is C19H25BN2O4. The van der Waals surface area contributed by atoms with Crippen LogP contribution >= 0.6 is 0 Å². The number of hydrogen-bond donors (Lipinski definition) is 0. The van der Waals surface area contributed by atoms with E-state index in [-0.39, 0.29) is 18.2 Å². The molecule has 1 fully saturated rings. The van der Waals surface area contributed by atoms with E-state index >= 15 is 0 Å². The highest BCUT2D eigenvalue weighted by Crippen LogP contribution is 2.41. The van der Waals surface area contributed by atoms with Crippen LogP contribution in [0.1, 0.15) is 45.5 Å². The van der Waals surface area contributed by atoms with Crippen LogP contribution in [0.15, 0.2) is 42.7 Å². The number of nitrogens with zero attached hydrogens (tertiary/aromatic N) is 2. The molecule has 0 N–H and O–H groups in total. The molecular weight excluding hydrogens is 331 g/mol. The monoisotopic (exact) mass is 356 g/mol. The summed E-state index contributed by atoms with van der Waals surface area (Å²) in [6.45, 7) is 8.01. The molecule has 0 radical (unpaired) electrons. The van der Waals surface area contributed by atoms with E-state index in [1.807, 2.05) is 64.2 Å². The van der Waals surface area contributed by atoms with Gasteiger partial charge in [0.15, 0.2) is 0 Å². The van der Waals surface area contributed by atoms with Gasteiger partial charge in [-0.15, -0.1) is 0 Å². The van der Waals surface area contributed by atoms with Gasteiger partial charge in [0, 0.05) is 18.2 Å². The van der Waals surface area contributed by atoms with Crippen molar-refractivity contribution in [2.75, 3.05) is 7.11 Å². The molecule has 1 atom stereocenters. The predicted octanol–water partition coefficient (Wildman–Crippen LogP) is 3.15. The second-order valence-corrected chi connectivity index (χ2v) is 7.55. The number of ether oxygens (including phenoxy) is 1. The first-order chi connectivity index (χ1) is 12.2. The summed E-state index contributed by atoms with van der Waals surface area (Å²) in [4.78, 5) is 12.0. The number of carbonyl (C=O) groups excluding carboxylic acids is 1. The first-order valence-corrected chi connectivity index (χ1v) is 8.76. The third-order valence-corrected chi connectivity index (χ3v) is 5.30. The van der Waals surface area contributed by atoms with Crippen molar-refractivity contribution in [3.63, 3.8) is 0 Å². The lowest BCUT2D eigenvalue weighted by Crippen LogP contribution is -2.41. The van der Waals surface area contributed by atoms with Gasteiger partial charge in [-0.05, 0) is 51.5 Å². The number of aromatic nitrogens is 2. The molecule has 1 unspecified atom stereocenters. The van der Waals surface area contributed by atoms with Gasteiger partial charge in [0.1, 0.15) is 0 Å². The fourth-order valence-electron chi connectivity index (χ4n) is 2.98. The smallest absolute Gasteiger partial charge is 0.466 e. The van der Waals surface area contributed by atoms with E-state index in [9.17, 15) is 4.79 Å². The van der Waals surface area contributed by atoms with E-state index in [0.29, 0.717) is 0 Å². The van der Waals surface area contributed by atoms with Crippen molar-refractivity contribution in [3.05, 3.63) is 48.3 Å². The van der Waals surface area contributed by atoms with E-state index in [1.165, 1.54) is 7.11 Å². The third-order valence-electron chi connectivity index (χ3n) is 5.30. The van der Waals surface area contributed by atoms with Gasteiger partial charge in [-0.1, -0.05) is 12.1 Å². The molecule has 1 aromatic carbocycles.